The predicted octanol–water partition coefficient (Wildman–Crippen LogP) is 3.72. The summed E-state index contributed by atoms with van der Waals surface area (Å²) in [4.78, 5) is 28.8. The average Bonchev–Trinajstić information content (AvgIpc) is 3.25. The van der Waals surface area contributed by atoms with Crippen molar-refractivity contribution in [2.45, 2.75) is 19.4 Å². The van der Waals surface area contributed by atoms with Gasteiger partial charge in [0.05, 0.1) is 7.11 Å². The highest BCUT2D eigenvalue weighted by atomic mass is 32.1. The lowest BCUT2D eigenvalue weighted by Gasteiger charge is -2.13. The van der Waals surface area contributed by atoms with Crippen LogP contribution in [0.4, 0.5) is 0 Å². The van der Waals surface area contributed by atoms with Crippen LogP contribution in [0.5, 0.6) is 5.75 Å². The van der Waals surface area contributed by atoms with E-state index >= 15 is 0 Å². The van der Waals surface area contributed by atoms with E-state index < -0.39 is 12.1 Å². The first-order valence-electron chi connectivity index (χ1n) is 9.19. The minimum atomic E-state index is -0.903. The van der Waals surface area contributed by atoms with E-state index in [1.54, 1.807) is 19.4 Å². The van der Waals surface area contributed by atoms with Gasteiger partial charge in [0.25, 0.3) is 5.91 Å². The molecule has 1 amide bonds. The molecule has 6 nitrogen and oxygen atoms in total. The third kappa shape index (κ3) is 5.65. The molecule has 0 radical (unpaired) electrons. The molecule has 3 aromatic rings. The molecule has 0 aliphatic carbocycles. The molecule has 0 saturated heterocycles. The van der Waals surface area contributed by atoms with Crippen molar-refractivity contribution in [3.8, 4) is 16.3 Å². The summed E-state index contributed by atoms with van der Waals surface area (Å²) < 4.78 is 10.4. The third-order valence-electron chi connectivity index (χ3n) is 4.26. The van der Waals surface area contributed by atoms with Gasteiger partial charge in [0.2, 0.25) is 0 Å². The van der Waals surface area contributed by atoms with E-state index in [2.05, 4.69) is 10.3 Å². The first-order valence-corrected chi connectivity index (χ1v) is 10.1. The number of carbonyl (C=O) groups excluding carboxylic acids is 2. The number of hydrogen-bond acceptors (Lipinski definition) is 6. The minimum Gasteiger partial charge on any atom is -0.497 e. The zero-order chi connectivity index (χ0) is 20.6. The average molecular weight is 410 g/mol. The molecule has 29 heavy (non-hydrogen) atoms. The van der Waals surface area contributed by atoms with Crippen LogP contribution in [0.1, 0.15) is 23.0 Å². The van der Waals surface area contributed by atoms with Crippen LogP contribution in [0.3, 0.4) is 0 Å². The van der Waals surface area contributed by atoms with Gasteiger partial charge in [-0.2, -0.15) is 0 Å². The number of rotatable bonds is 8. The molecule has 0 bridgehead atoms. The first-order chi connectivity index (χ1) is 14.1. The number of thiazole rings is 1. The molecule has 0 fully saturated rings. The van der Waals surface area contributed by atoms with Gasteiger partial charge < -0.3 is 14.8 Å². The maximum absolute atomic E-state index is 12.3. The molecule has 7 heteroatoms. The van der Waals surface area contributed by atoms with Crippen LogP contribution in [0.2, 0.25) is 0 Å². The Morgan fingerprint density at radius 2 is 1.83 bits per heavy atom. The summed E-state index contributed by atoms with van der Waals surface area (Å²) in [5, 5.41) is 5.15. The van der Waals surface area contributed by atoms with E-state index in [-0.39, 0.29) is 11.6 Å². The number of ether oxygens (including phenoxy) is 2. The fourth-order valence-corrected chi connectivity index (χ4v) is 3.42. The van der Waals surface area contributed by atoms with Crippen LogP contribution in [0.25, 0.3) is 10.6 Å². The minimum absolute atomic E-state index is 0.201. The molecule has 1 atom stereocenters. The van der Waals surface area contributed by atoms with Crippen LogP contribution in [0, 0.1) is 0 Å². The maximum Gasteiger partial charge on any atom is 0.358 e. The van der Waals surface area contributed by atoms with Crippen LogP contribution in [-0.4, -0.2) is 36.6 Å². The zero-order valence-electron chi connectivity index (χ0n) is 16.3. The van der Waals surface area contributed by atoms with E-state index in [0.717, 1.165) is 21.9 Å². The van der Waals surface area contributed by atoms with Gasteiger partial charge in [-0.25, -0.2) is 9.78 Å². The standard InChI is InChI=1S/C22H22N2O4S/c1-15(20(25)23-13-12-16-8-10-18(27-2)11-9-16)28-22(26)19-14-29-21(24-19)17-6-4-3-5-7-17/h3-11,14-15H,12-13H2,1-2H3,(H,23,25)/t15-/m1/s1. The van der Waals surface area contributed by atoms with E-state index in [1.807, 2.05) is 54.6 Å². The second kappa shape index (κ2) is 9.84. The van der Waals surface area contributed by atoms with Crippen molar-refractivity contribution in [3.63, 3.8) is 0 Å². The Morgan fingerprint density at radius 1 is 1.10 bits per heavy atom. The van der Waals surface area contributed by atoms with Crippen molar-refractivity contribution in [3.05, 3.63) is 71.2 Å². The predicted molar refractivity (Wildman–Crippen MR) is 112 cm³/mol. The lowest BCUT2D eigenvalue weighted by Crippen LogP contribution is -2.37. The smallest absolute Gasteiger partial charge is 0.358 e. The van der Waals surface area contributed by atoms with E-state index in [1.165, 1.54) is 11.3 Å². The van der Waals surface area contributed by atoms with E-state index in [0.29, 0.717) is 13.0 Å². The second-order valence-electron chi connectivity index (χ2n) is 6.34. The lowest BCUT2D eigenvalue weighted by molar-refractivity contribution is -0.129. The Morgan fingerprint density at radius 3 is 2.52 bits per heavy atom. The van der Waals surface area contributed by atoms with Gasteiger partial charge in [0.1, 0.15) is 10.8 Å². The van der Waals surface area contributed by atoms with E-state index in [4.69, 9.17) is 9.47 Å². The van der Waals surface area contributed by atoms with Crippen molar-refractivity contribution < 1.29 is 19.1 Å². The summed E-state index contributed by atoms with van der Waals surface area (Å²) in [5.74, 6) is -0.164. The molecule has 3 rings (SSSR count). The Labute approximate surface area is 173 Å². The number of nitrogens with zero attached hydrogens (tertiary/aromatic N) is 1. The van der Waals surface area contributed by atoms with Crippen molar-refractivity contribution in [1.82, 2.24) is 10.3 Å². The first kappa shape index (κ1) is 20.5. The maximum atomic E-state index is 12.3. The van der Waals surface area contributed by atoms with Gasteiger partial charge >= 0.3 is 5.97 Å². The molecule has 0 aliphatic rings. The monoisotopic (exact) mass is 410 g/mol. The largest absolute Gasteiger partial charge is 0.497 e. The zero-order valence-corrected chi connectivity index (χ0v) is 17.1. The van der Waals surface area contributed by atoms with Crippen LogP contribution >= 0.6 is 11.3 Å². The summed E-state index contributed by atoms with van der Waals surface area (Å²) in [5.41, 5.74) is 2.21. The summed E-state index contributed by atoms with van der Waals surface area (Å²) >= 11 is 1.36. The number of methoxy groups -OCH3 is 1. The fraction of sp³-hybridized carbons (Fsp3) is 0.227. The van der Waals surface area contributed by atoms with Crippen LogP contribution in [0.15, 0.2) is 60.0 Å². The third-order valence-corrected chi connectivity index (χ3v) is 5.15. The number of carbonyl (C=O) groups is 2. The number of nitrogens with one attached hydrogen (secondary N) is 1. The van der Waals surface area contributed by atoms with Crippen LogP contribution < -0.4 is 10.1 Å². The molecule has 1 N–H and O–H groups in total. The molecular formula is C22H22N2O4S. The summed E-state index contributed by atoms with van der Waals surface area (Å²) in [6.07, 6.45) is -0.233. The van der Waals surface area contributed by atoms with Gasteiger partial charge in [0.15, 0.2) is 11.8 Å². The SMILES string of the molecule is COc1ccc(CCNC(=O)[C@@H](C)OC(=O)c2csc(-c3ccccc3)n2)cc1. The van der Waals surface area contributed by atoms with Crippen molar-refractivity contribution in [2.75, 3.05) is 13.7 Å². The molecule has 0 spiro atoms. The molecule has 0 aliphatic heterocycles. The molecule has 1 heterocycles. The number of amides is 1. The van der Waals surface area contributed by atoms with Gasteiger partial charge in [-0.15, -0.1) is 11.3 Å². The Balaban J connectivity index is 1.47. The highest BCUT2D eigenvalue weighted by molar-refractivity contribution is 7.13. The normalized spacial score (nSPS) is 11.5. The quantitative estimate of drug-likeness (QED) is 0.573. The van der Waals surface area contributed by atoms with Crippen molar-refractivity contribution in [2.24, 2.45) is 0 Å². The number of esters is 1. The van der Waals surface area contributed by atoms with Crippen LogP contribution in [-0.2, 0) is 16.0 Å². The molecule has 0 saturated carbocycles. The lowest BCUT2D eigenvalue weighted by atomic mass is 10.1. The summed E-state index contributed by atoms with van der Waals surface area (Å²) in [6, 6.07) is 17.2. The van der Waals surface area contributed by atoms with Crippen molar-refractivity contribution in [1.29, 1.82) is 0 Å². The molecular weight excluding hydrogens is 388 g/mol. The molecule has 150 valence electrons. The highest BCUT2D eigenvalue weighted by Gasteiger charge is 2.20. The Kier molecular flexibility index (Phi) is 6.97. The van der Waals surface area contributed by atoms with Gasteiger partial charge in [-0.1, -0.05) is 42.5 Å². The molecule has 1 aromatic heterocycles. The number of hydrogen-bond donors (Lipinski definition) is 1. The second-order valence-corrected chi connectivity index (χ2v) is 7.20. The van der Waals surface area contributed by atoms with Gasteiger partial charge in [-0.3, -0.25) is 4.79 Å². The summed E-state index contributed by atoms with van der Waals surface area (Å²) in [7, 11) is 1.62. The molecule has 0 unspecified atom stereocenters. The van der Waals surface area contributed by atoms with Crippen molar-refractivity contribution >= 4 is 23.2 Å². The van der Waals surface area contributed by atoms with E-state index in [9.17, 15) is 9.59 Å². The van der Waals surface area contributed by atoms with Gasteiger partial charge in [-0.05, 0) is 31.0 Å². The highest BCUT2D eigenvalue weighted by Crippen LogP contribution is 2.23. The Hall–Kier alpha value is -3.19. The molecule has 2 aromatic carbocycles. The number of benzene rings is 2. The van der Waals surface area contributed by atoms with Gasteiger partial charge in [0, 0.05) is 17.5 Å². The topological polar surface area (TPSA) is 77.5 Å². The summed E-state index contributed by atoms with van der Waals surface area (Å²) in [6.45, 7) is 1.99. The number of aromatic nitrogens is 1. The fourth-order valence-electron chi connectivity index (χ4n) is 2.62. The Bertz CT molecular complexity index is 954.